The van der Waals surface area contributed by atoms with Crippen LogP contribution in [0.25, 0.3) is 0 Å². The Balaban J connectivity index is 1.91. The van der Waals surface area contributed by atoms with Crippen LogP contribution in [0, 0.1) is 0 Å². The van der Waals surface area contributed by atoms with Crippen LogP contribution in [0.2, 0.25) is 5.02 Å². The minimum absolute atomic E-state index is 0.0748. The number of hydrogen-bond acceptors (Lipinski definition) is 4. The number of ether oxygens (including phenoxy) is 1. The van der Waals surface area contributed by atoms with Crippen LogP contribution >= 0.6 is 11.6 Å². The number of anilines is 3. The Morgan fingerprint density at radius 2 is 1.67 bits per heavy atom. The molecule has 2 amide bonds. The molecule has 0 aliphatic heterocycles. The van der Waals surface area contributed by atoms with Crippen molar-refractivity contribution >= 4 is 40.5 Å². The lowest BCUT2D eigenvalue weighted by Gasteiger charge is -2.12. The molecule has 0 fully saturated rings. The summed E-state index contributed by atoms with van der Waals surface area (Å²) < 4.78 is 5.38. The van der Waals surface area contributed by atoms with Crippen molar-refractivity contribution in [3.8, 4) is 5.75 Å². The number of hydrogen-bond donors (Lipinski definition) is 3. The predicted octanol–water partition coefficient (Wildman–Crippen LogP) is 4.53. The Hall–Kier alpha value is -2.73. The quantitative estimate of drug-likeness (QED) is 0.588. The van der Waals surface area contributed by atoms with E-state index in [-0.39, 0.29) is 18.4 Å². The van der Waals surface area contributed by atoms with Crippen LogP contribution in [-0.4, -0.2) is 25.0 Å². The molecule has 0 spiro atoms. The molecule has 3 N–H and O–H groups in total. The van der Waals surface area contributed by atoms with Gasteiger partial charge in [-0.25, -0.2) is 0 Å². The number of carbonyl (C=O) groups excluding carboxylic acids is 2. The highest BCUT2D eigenvalue weighted by Crippen LogP contribution is 2.25. The molecule has 0 bridgehead atoms. The highest BCUT2D eigenvalue weighted by atomic mass is 35.5. The SMILES string of the molecule is CCCC(=O)Nc1ccc(Cl)c(NC(=O)CNc2ccc(OCC)cc2)c1. The van der Waals surface area contributed by atoms with Gasteiger partial charge in [0.25, 0.3) is 0 Å². The Morgan fingerprint density at radius 1 is 0.963 bits per heavy atom. The molecule has 6 nitrogen and oxygen atoms in total. The Bertz CT molecular complexity index is 779. The van der Waals surface area contributed by atoms with Gasteiger partial charge in [-0.05, 0) is 55.8 Å². The van der Waals surface area contributed by atoms with Crippen LogP contribution < -0.4 is 20.7 Å². The third-order valence-electron chi connectivity index (χ3n) is 3.62. The van der Waals surface area contributed by atoms with E-state index in [2.05, 4.69) is 16.0 Å². The first-order valence-corrected chi connectivity index (χ1v) is 9.25. The van der Waals surface area contributed by atoms with E-state index < -0.39 is 0 Å². The van der Waals surface area contributed by atoms with Crippen molar-refractivity contribution in [1.29, 1.82) is 0 Å². The van der Waals surface area contributed by atoms with Crippen LogP contribution in [0.3, 0.4) is 0 Å². The van der Waals surface area contributed by atoms with E-state index in [1.807, 2.05) is 38.1 Å². The molecule has 0 heterocycles. The fourth-order valence-electron chi connectivity index (χ4n) is 2.36. The average Bonchev–Trinajstić information content (AvgIpc) is 2.64. The zero-order valence-corrected chi connectivity index (χ0v) is 16.2. The summed E-state index contributed by atoms with van der Waals surface area (Å²) in [6.45, 7) is 4.54. The van der Waals surface area contributed by atoms with Gasteiger partial charge in [0.2, 0.25) is 11.8 Å². The van der Waals surface area contributed by atoms with Crippen molar-refractivity contribution in [2.45, 2.75) is 26.7 Å². The van der Waals surface area contributed by atoms with Crippen molar-refractivity contribution in [2.75, 3.05) is 29.1 Å². The van der Waals surface area contributed by atoms with Crippen LogP contribution in [0.1, 0.15) is 26.7 Å². The lowest BCUT2D eigenvalue weighted by molar-refractivity contribution is -0.116. The molecule has 2 aromatic rings. The fourth-order valence-corrected chi connectivity index (χ4v) is 2.53. The van der Waals surface area contributed by atoms with E-state index in [4.69, 9.17) is 16.3 Å². The van der Waals surface area contributed by atoms with Gasteiger partial charge in [0.15, 0.2) is 0 Å². The third-order valence-corrected chi connectivity index (χ3v) is 3.95. The molecule has 0 aromatic heterocycles. The van der Waals surface area contributed by atoms with Gasteiger partial charge in [-0.2, -0.15) is 0 Å². The fraction of sp³-hybridized carbons (Fsp3) is 0.300. The molecule has 2 aromatic carbocycles. The molecular weight excluding hydrogens is 366 g/mol. The number of nitrogens with one attached hydrogen (secondary N) is 3. The smallest absolute Gasteiger partial charge is 0.243 e. The van der Waals surface area contributed by atoms with E-state index in [9.17, 15) is 9.59 Å². The largest absolute Gasteiger partial charge is 0.494 e. The van der Waals surface area contributed by atoms with Gasteiger partial charge in [-0.1, -0.05) is 18.5 Å². The van der Waals surface area contributed by atoms with Crippen molar-refractivity contribution in [3.05, 3.63) is 47.5 Å². The van der Waals surface area contributed by atoms with Crippen LogP contribution in [0.4, 0.5) is 17.1 Å². The monoisotopic (exact) mass is 389 g/mol. The highest BCUT2D eigenvalue weighted by molar-refractivity contribution is 6.33. The standard InChI is InChI=1S/C20H24ClN3O3/c1-3-5-19(25)23-15-8-11-17(21)18(12-15)24-20(26)13-22-14-6-9-16(10-7-14)27-4-2/h6-12,22H,3-5,13H2,1-2H3,(H,23,25)(H,24,26). The van der Waals surface area contributed by atoms with Crippen LogP contribution in [-0.2, 0) is 9.59 Å². The number of carbonyl (C=O) groups is 2. The zero-order valence-electron chi connectivity index (χ0n) is 15.5. The first kappa shape index (κ1) is 20.6. The van der Waals surface area contributed by atoms with Gasteiger partial charge in [-0.15, -0.1) is 0 Å². The molecule has 0 unspecified atom stereocenters. The summed E-state index contributed by atoms with van der Waals surface area (Å²) in [6.07, 6.45) is 1.20. The molecule has 27 heavy (non-hydrogen) atoms. The van der Waals surface area contributed by atoms with Gasteiger partial charge >= 0.3 is 0 Å². The number of rotatable bonds is 9. The van der Waals surface area contributed by atoms with Crippen molar-refractivity contribution in [3.63, 3.8) is 0 Å². The minimum atomic E-state index is -0.247. The van der Waals surface area contributed by atoms with E-state index in [0.717, 1.165) is 17.9 Å². The predicted molar refractivity (Wildman–Crippen MR) is 110 cm³/mol. The van der Waals surface area contributed by atoms with E-state index in [1.165, 1.54) is 0 Å². The second-order valence-corrected chi connectivity index (χ2v) is 6.26. The molecular formula is C20H24ClN3O3. The lowest BCUT2D eigenvalue weighted by Crippen LogP contribution is -2.22. The van der Waals surface area contributed by atoms with E-state index in [1.54, 1.807) is 18.2 Å². The first-order valence-electron chi connectivity index (χ1n) is 8.87. The summed E-state index contributed by atoms with van der Waals surface area (Å²) in [5.41, 5.74) is 1.84. The maximum absolute atomic E-state index is 12.2. The lowest BCUT2D eigenvalue weighted by atomic mass is 10.2. The molecule has 0 saturated carbocycles. The third kappa shape index (κ3) is 6.83. The van der Waals surface area contributed by atoms with Gasteiger partial charge in [0, 0.05) is 17.8 Å². The Kier molecular flexibility index (Phi) is 7.95. The Labute approximate surface area is 164 Å². The maximum atomic E-state index is 12.2. The van der Waals surface area contributed by atoms with Crippen molar-refractivity contribution in [2.24, 2.45) is 0 Å². The summed E-state index contributed by atoms with van der Waals surface area (Å²) in [5, 5.41) is 8.97. The highest BCUT2D eigenvalue weighted by Gasteiger charge is 2.09. The van der Waals surface area contributed by atoms with Crippen molar-refractivity contribution < 1.29 is 14.3 Å². The van der Waals surface area contributed by atoms with Gasteiger partial charge in [-0.3, -0.25) is 9.59 Å². The number of amides is 2. The molecule has 2 rings (SSSR count). The maximum Gasteiger partial charge on any atom is 0.243 e. The normalized spacial score (nSPS) is 10.2. The Morgan fingerprint density at radius 3 is 2.33 bits per heavy atom. The minimum Gasteiger partial charge on any atom is -0.494 e. The molecule has 0 aliphatic carbocycles. The topological polar surface area (TPSA) is 79.5 Å². The summed E-state index contributed by atoms with van der Waals surface area (Å²) >= 11 is 6.14. The number of halogens is 1. The zero-order chi connectivity index (χ0) is 19.6. The molecule has 0 atom stereocenters. The van der Waals surface area contributed by atoms with Gasteiger partial charge < -0.3 is 20.7 Å². The van der Waals surface area contributed by atoms with E-state index in [0.29, 0.717) is 29.4 Å². The first-order chi connectivity index (χ1) is 13.0. The number of benzene rings is 2. The molecule has 0 radical (unpaired) electrons. The van der Waals surface area contributed by atoms with Crippen molar-refractivity contribution in [1.82, 2.24) is 0 Å². The average molecular weight is 390 g/mol. The van der Waals surface area contributed by atoms with Gasteiger partial charge in [0.05, 0.1) is 23.9 Å². The van der Waals surface area contributed by atoms with E-state index >= 15 is 0 Å². The van der Waals surface area contributed by atoms with Crippen LogP contribution in [0.15, 0.2) is 42.5 Å². The summed E-state index contributed by atoms with van der Waals surface area (Å²) in [6, 6.07) is 12.3. The van der Waals surface area contributed by atoms with Crippen LogP contribution in [0.5, 0.6) is 5.75 Å². The summed E-state index contributed by atoms with van der Waals surface area (Å²) in [5.74, 6) is 0.457. The summed E-state index contributed by atoms with van der Waals surface area (Å²) in [7, 11) is 0. The second kappa shape index (κ2) is 10.4. The molecule has 7 heteroatoms. The summed E-state index contributed by atoms with van der Waals surface area (Å²) in [4.78, 5) is 23.9. The molecule has 0 aliphatic rings. The second-order valence-electron chi connectivity index (χ2n) is 5.85. The molecule has 144 valence electrons. The molecule has 0 saturated heterocycles. The van der Waals surface area contributed by atoms with Gasteiger partial charge in [0.1, 0.15) is 5.75 Å².